The lowest BCUT2D eigenvalue weighted by atomic mass is 9.94. The van der Waals surface area contributed by atoms with Crippen molar-refractivity contribution in [2.45, 2.75) is 19.3 Å². The van der Waals surface area contributed by atoms with Crippen LogP contribution >= 0.6 is 11.6 Å². The lowest BCUT2D eigenvalue weighted by Crippen LogP contribution is -2.51. The summed E-state index contributed by atoms with van der Waals surface area (Å²) in [5, 5.41) is 0.662. The molecule has 2 aliphatic rings. The average Bonchev–Trinajstić information content (AvgIpc) is 2.69. The Bertz CT molecular complexity index is 648. The Labute approximate surface area is 158 Å². The molecule has 0 aliphatic carbocycles. The fraction of sp³-hybridized carbons (Fsp3) is 0.526. The molecule has 140 valence electrons. The van der Waals surface area contributed by atoms with Crippen molar-refractivity contribution >= 4 is 29.8 Å². The van der Waals surface area contributed by atoms with Crippen LogP contribution in [0, 0.1) is 5.92 Å². The molecule has 6 nitrogen and oxygen atoms in total. The summed E-state index contributed by atoms with van der Waals surface area (Å²) in [5.41, 5.74) is 0.950. The molecule has 0 unspecified atom stereocenters. The second-order valence-electron chi connectivity index (χ2n) is 6.92. The Balaban J connectivity index is 1.46. The number of piperidine rings is 1. The summed E-state index contributed by atoms with van der Waals surface area (Å²) < 4.78 is 0. The smallest absolute Gasteiger partial charge is 0.226 e. The molecule has 0 spiro atoms. The maximum atomic E-state index is 12.7. The molecule has 0 bridgehead atoms. The highest BCUT2D eigenvalue weighted by Gasteiger charge is 2.31. The van der Waals surface area contributed by atoms with Crippen LogP contribution in [-0.2, 0) is 20.8 Å². The van der Waals surface area contributed by atoms with Crippen molar-refractivity contribution in [3.8, 4) is 0 Å². The van der Waals surface area contributed by atoms with Crippen LogP contribution in [0.15, 0.2) is 24.3 Å². The van der Waals surface area contributed by atoms with Gasteiger partial charge in [0, 0.05) is 50.2 Å². The monoisotopic (exact) mass is 377 g/mol. The number of benzene rings is 1. The van der Waals surface area contributed by atoms with E-state index in [0.29, 0.717) is 63.6 Å². The van der Waals surface area contributed by atoms with Crippen molar-refractivity contribution in [2.24, 2.45) is 5.92 Å². The predicted octanol–water partition coefficient (Wildman–Crippen LogP) is 1.42. The first-order valence-electron chi connectivity index (χ1n) is 9.07. The highest BCUT2D eigenvalue weighted by Crippen LogP contribution is 2.21. The fourth-order valence-corrected chi connectivity index (χ4v) is 3.70. The van der Waals surface area contributed by atoms with Gasteiger partial charge in [-0.05, 0) is 30.5 Å². The van der Waals surface area contributed by atoms with Crippen molar-refractivity contribution in [3.63, 3.8) is 0 Å². The van der Waals surface area contributed by atoms with Gasteiger partial charge in [-0.1, -0.05) is 23.7 Å². The Morgan fingerprint density at radius 2 is 1.58 bits per heavy atom. The van der Waals surface area contributed by atoms with Gasteiger partial charge in [-0.3, -0.25) is 14.4 Å². The van der Waals surface area contributed by atoms with Crippen LogP contribution < -0.4 is 0 Å². The predicted molar refractivity (Wildman–Crippen MR) is 98.7 cm³/mol. The van der Waals surface area contributed by atoms with Crippen LogP contribution in [0.2, 0.25) is 5.02 Å². The van der Waals surface area contributed by atoms with Crippen LogP contribution in [0.4, 0.5) is 0 Å². The highest BCUT2D eigenvalue weighted by molar-refractivity contribution is 6.30. The number of hydrogen-bond donors (Lipinski definition) is 0. The van der Waals surface area contributed by atoms with Crippen LogP contribution in [0.25, 0.3) is 0 Å². The molecule has 2 aliphatic heterocycles. The second-order valence-corrected chi connectivity index (χ2v) is 7.36. The standard InChI is InChI=1S/C19H24ClN3O3/c20-17-3-1-15(2-4-17)13-18(25)22-7-5-16(6-8-22)19(26)23-11-9-21(14-24)10-12-23/h1-4,14,16H,5-13H2. The van der Waals surface area contributed by atoms with Gasteiger partial charge in [-0.15, -0.1) is 0 Å². The summed E-state index contributed by atoms with van der Waals surface area (Å²) in [6.45, 7) is 3.66. The van der Waals surface area contributed by atoms with E-state index in [1.807, 2.05) is 21.9 Å². The van der Waals surface area contributed by atoms with E-state index in [1.165, 1.54) is 0 Å². The Morgan fingerprint density at radius 3 is 2.15 bits per heavy atom. The van der Waals surface area contributed by atoms with Crippen LogP contribution in [-0.4, -0.2) is 72.2 Å². The fourth-order valence-electron chi connectivity index (χ4n) is 3.57. The topological polar surface area (TPSA) is 60.9 Å². The number of amides is 3. The number of halogens is 1. The van der Waals surface area contributed by atoms with Crippen molar-refractivity contribution in [1.82, 2.24) is 14.7 Å². The van der Waals surface area contributed by atoms with Gasteiger partial charge in [0.25, 0.3) is 0 Å². The molecule has 1 aromatic rings. The SMILES string of the molecule is O=CN1CCN(C(=O)C2CCN(C(=O)Cc3ccc(Cl)cc3)CC2)CC1. The average molecular weight is 378 g/mol. The van der Waals surface area contributed by atoms with Crippen LogP contribution in [0.1, 0.15) is 18.4 Å². The van der Waals surface area contributed by atoms with Gasteiger partial charge in [0.1, 0.15) is 0 Å². The van der Waals surface area contributed by atoms with Gasteiger partial charge >= 0.3 is 0 Å². The molecule has 26 heavy (non-hydrogen) atoms. The summed E-state index contributed by atoms with van der Waals surface area (Å²) in [7, 11) is 0. The van der Waals surface area contributed by atoms with E-state index < -0.39 is 0 Å². The van der Waals surface area contributed by atoms with E-state index in [0.717, 1.165) is 12.0 Å². The zero-order valence-electron chi connectivity index (χ0n) is 14.8. The van der Waals surface area contributed by atoms with Gasteiger partial charge in [0.2, 0.25) is 18.2 Å². The largest absolute Gasteiger partial charge is 0.342 e. The number of hydrogen-bond acceptors (Lipinski definition) is 3. The lowest BCUT2D eigenvalue weighted by molar-refractivity contribution is -0.142. The molecule has 0 N–H and O–H groups in total. The molecule has 3 amide bonds. The van der Waals surface area contributed by atoms with Gasteiger partial charge in [0.15, 0.2) is 0 Å². The molecular formula is C19H24ClN3O3. The van der Waals surface area contributed by atoms with Crippen molar-refractivity contribution < 1.29 is 14.4 Å². The van der Waals surface area contributed by atoms with E-state index in [-0.39, 0.29) is 17.7 Å². The maximum Gasteiger partial charge on any atom is 0.226 e. The van der Waals surface area contributed by atoms with Crippen molar-refractivity contribution in [3.05, 3.63) is 34.9 Å². The third-order valence-electron chi connectivity index (χ3n) is 5.24. The third-order valence-corrected chi connectivity index (χ3v) is 5.49. The molecule has 0 radical (unpaired) electrons. The number of carbonyl (C=O) groups is 3. The summed E-state index contributed by atoms with van der Waals surface area (Å²) >= 11 is 5.87. The molecule has 0 atom stereocenters. The molecule has 2 heterocycles. The van der Waals surface area contributed by atoms with Crippen molar-refractivity contribution in [2.75, 3.05) is 39.3 Å². The Hall–Kier alpha value is -2.08. The van der Waals surface area contributed by atoms with Crippen LogP contribution in [0.5, 0.6) is 0 Å². The summed E-state index contributed by atoms with van der Waals surface area (Å²) in [5.74, 6) is 0.246. The lowest BCUT2D eigenvalue weighted by Gasteiger charge is -2.37. The number of nitrogens with zero attached hydrogens (tertiary/aromatic N) is 3. The zero-order chi connectivity index (χ0) is 18.5. The van der Waals surface area contributed by atoms with Gasteiger partial charge in [-0.2, -0.15) is 0 Å². The first kappa shape index (κ1) is 18.7. The number of likely N-dealkylation sites (tertiary alicyclic amines) is 1. The normalized spacial score (nSPS) is 18.7. The first-order valence-corrected chi connectivity index (χ1v) is 9.45. The molecule has 3 rings (SSSR count). The molecule has 0 aromatic heterocycles. The quantitative estimate of drug-likeness (QED) is 0.745. The molecule has 2 saturated heterocycles. The maximum absolute atomic E-state index is 12.7. The number of rotatable bonds is 4. The second kappa shape index (κ2) is 8.54. The summed E-state index contributed by atoms with van der Waals surface area (Å²) in [6, 6.07) is 7.32. The Morgan fingerprint density at radius 1 is 0.962 bits per heavy atom. The van der Waals surface area contributed by atoms with Crippen LogP contribution in [0.3, 0.4) is 0 Å². The van der Waals surface area contributed by atoms with E-state index >= 15 is 0 Å². The highest BCUT2D eigenvalue weighted by atomic mass is 35.5. The minimum absolute atomic E-state index is 0.0163. The molecule has 2 fully saturated rings. The minimum atomic E-state index is -0.0163. The van der Waals surface area contributed by atoms with Gasteiger partial charge < -0.3 is 14.7 Å². The van der Waals surface area contributed by atoms with E-state index in [1.54, 1.807) is 17.0 Å². The molecular weight excluding hydrogens is 354 g/mol. The Kier molecular flexibility index (Phi) is 6.14. The third kappa shape index (κ3) is 4.55. The van der Waals surface area contributed by atoms with Crippen molar-refractivity contribution in [1.29, 1.82) is 0 Å². The number of piperazine rings is 1. The summed E-state index contributed by atoms with van der Waals surface area (Å²) in [6.07, 6.45) is 2.62. The van der Waals surface area contributed by atoms with E-state index in [4.69, 9.17) is 11.6 Å². The summed E-state index contributed by atoms with van der Waals surface area (Å²) in [4.78, 5) is 41.3. The molecule has 0 saturated carbocycles. The van der Waals surface area contributed by atoms with Gasteiger partial charge in [-0.25, -0.2) is 0 Å². The molecule has 1 aromatic carbocycles. The van der Waals surface area contributed by atoms with Gasteiger partial charge in [0.05, 0.1) is 6.42 Å². The molecule has 7 heteroatoms. The van der Waals surface area contributed by atoms with E-state index in [9.17, 15) is 14.4 Å². The van der Waals surface area contributed by atoms with E-state index in [2.05, 4.69) is 0 Å². The number of carbonyl (C=O) groups excluding carboxylic acids is 3. The minimum Gasteiger partial charge on any atom is -0.342 e. The first-order chi connectivity index (χ1) is 12.6. The zero-order valence-corrected chi connectivity index (χ0v) is 15.5.